The molecule has 0 atom stereocenters. The van der Waals surface area contributed by atoms with Crippen LogP contribution in [0, 0.1) is 11.2 Å². The molecule has 2 aromatic rings. The summed E-state index contributed by atoms with van der Waals surface area (Å²) < 4.78 is 21.0. The highest BCUT2D eigenvalue weighted by atomic mass is 19.1. The molecule has 0 radical (unpaired) electrons. The van der Waals surface area contributed by atoms with Crippen LogP contribution in [0.2, 0.25) is 0 Å². The normalized spacial score (nSPS) is 18.1. The minimum atomic E-state index is -0.669. The molecule has 39 heavy (non-hydrogen) atoms. The third-order valence-corrected chi connectivity index (χ3v) is 7.37. The van der Waals surface area contributed by atoms with E-state index in [1.165, 1.54) is 12.1 Å². The van der Waals surface area contributed by atoms with Crippen LogP contribution in [0.5, 0.6) is 5.75 Å². The summed E-state index contributed by atoms with van der Waals surface area (Å²) in [5.41, 5.74) is 0.211. The van der Waals surface area contributed by atoms with Crippen molar-refractivity contribution in [2.24, 2.45) is 5.41 Å². The number of hydrogen-bond donors (Lipinski definition) is 2. The monoisotopic (exact) mass is 541 g/mol. The molecule has 1 fully saturated rings. The van der Waals surface area contributed by atoms with Crippen molar-refractivity contribution in [3.8, 4) is 5.75 Å². The molecule has 2 aliphatic heterocycles. The Balaban J connectivity index is 1.63. The van der Waals surface area contributed by atoms with Crippen molar-refractivity contribution in [2.45, 2.75) is 59.5 Å². The van der Waals surface area contributed by atoms with Gasteiger partial charge in [0.2, 0.25) is 11.9 Å². The highest BCUT2D eigenvalue weighted by Gasteiger charge is 2.39. The van der Waals surface area contributed by atoms with Crippen LogP contribution in [0.1, 0.15) is 57.8 Å². The topological polar surface area (TPSA) is 103 Å². The molecule has 212 valence electrons. The average Bonchev–Trinajstić information content (AvgIpc) is 2.95. The SMILES string of the molecule is CCOc1cc(C(=O)NC2CCN(C)CC2)c(F)cc1Nc1ncc2c(n1)N(C(C)C)CC(C)(C)C(=O)N2C. The summed E-state index contributed by atoms with van der Waals surface area (Å²) >= 11 is 0. The molecule has 10 nitrogen and oxygen atoms in total. The Labute approximate surface area is 229 Å². The van der Waals surface area contributed by atoms with E-state index in [9.17, 15) is 9.59 Å². The van der Waals surface area contributed by atoms with Crippen molar-refractivity contribution in [1.82, 2.24) is 20.2 Å². The van der Waals surface area contributed by atoms with Gasteiger partial charge in [-0.15, -0.1) is 0 Å². The molecular weight excluding hydrogens is 501 g/mol. The zero-order valence-electron chi connectivity index (χ0n) is 24.0. The van der Waals surface area contributed by atoms with E-state index in [-0.39, 0.29) is 29.5 Å². The Bertz CT molecular complexity index is 1230. The van der Waals surface area contributed by atoms with Crippen molar-refractivity contribution in [1.29, 1.82) is 0 Å². The molecule has 11 heteroatoms. The van der Waals surface area contributed by atoms with Crippen molar-refractivity contribution in [3.05, 3.63) is 29.7 Å². The molecular formula is C28H40FN7O3. The third kappa shape index (κ3) is 6.08. The molecule has 2 N–H and O–H groups in total. The van der Waals surface area contributed by atoms with Gasteiger partial charge in [-0.3, -0.25) is 9.59 Å². The number of likely N-dealkylation sites (tertiary alicyclic amines) is 1. The number of anilines is 4. The van der Waals surface area contributed by atoms with Crippen LogP contribution in [-0.2, 0) is 4.79 Å². The first kappa shape index (κ1) is 28.5. The first-order valence-corrected chi connectivity index (χ1v) is 13.6. The molecule has 0 unspecified atom stereocenters. The molecule has 1 saturated heterocycles. The van der Waals surface area contributed by atoms with Crippen molar-refractivity contribution in [2.75, 3.05) is 55.5 Å². The lowest BCUT2D eigenvalue weighted by Crippen LogP contribution is -2.44. The summed E-state index contributed by atoms with van der Waals surface area (Å²) in [6.07, 6.45) is 3.24. The molecule has 0 spiro atoms. The van der Waals surface area contributed by atoms with E-state index >= 15 is 4.39 Å². The molecule has 1 aromatic carbocycles. The van der Waals surface area contributed by atoms with Crippen LogP contribution in [0.4, 0.5) is 27.5 Å². The number of carbonyl (C=O) groups excluding carboxylic acids is 2. The molecule has 2 aliphatic rings. The van der Waals surface area contributed by atoms with Gasteiger partial charge < -0.3 is 30.1 Å². The molecule has 0 saturated carbocycles. The van der Waals surface area contributed by atoms with Crippen LogP contribution in [0.3, 0.4) is 0 Å². The van der Waals surface area contributed by atoms with Crippen molar-refractivity contribution >= 4 is 35.0 Å². The van der Waals surface area contributed by atoms with E-state index in [2.05, 4.69) is 25.4 Å². The molecule has 4 rings (SSSR count). The number of hydrogen-bond acceptors (Lipinski definition) is 8. The summed E-state index contributed by atoms with van der Waals surface area (Å²) in [6.45, 7) is 12.3. The molecule has 1 aromatic heterocycles. The Hall–Kier alpha value is -3.47. The van der Waals surface area contributed by atoms with E-state index in [4.69, 9.17) is 9.72 Å². The first-order chi connectivity index (χ1) is 18.4. The van der Waals surface area contributed by atoms with Crippen LogP contribution in [0.15, 0.2) is 18.3 Å². The maximum atomic E-state index is 15.3. The molecule has 3 heterocycles. The lowest BCUT2D eigenvalue weighted by atomic mass is 9.91. The number of nitrogens with one attached hydrogen (secondary N) is 2. The second-order valence-corrected chi connectivity index (χ2v) is 11.3. The van der Waals surface area contributed by atoms with Gasteiger partial charge in [0, 0.05) is 31.7 Å². The standard InChI is InChI=1S/C28H40FN7O3/c1-8-39-23-13-19(25(37)31-18-9-11-34(6)12-10-18)20(29)14-21(23)32-27-30-15-22-24(33-27)36(17(2)3)16-28(4,5)26(38)35(22)7/h13-15,17-18H,8-12,16H2,1-7H3,(H,31,37)(H,30,32,33). The Morgan fingerprint density at radius 1 is 1.23 bits per heavy atom. The average molecular weight is 542 g/mol. The van der Waals surface area contributed by atoms with Gasteiger partial charge in [-0.05, 0) is 73.7 Å². The van der Waals surface area contributed by atoms with Gasteiger partial charge in [0.15, 0.2) is 5.82 Å². The number of fused-ring (bicyclic) bond motifs is 1. The van der Waals surface area contributed by atoms with Crippen molar-refractivity contribution < 1.29 is 18.7 Å². The summed E-state index contributed by atoms with van der Waals surface area (Å²) in [7, 11) is 3.77. The number of aromatic nitrogens is 2. The maximum Gasteiger partial charge on any atom is 0.254 e. The Morgan fingerprint density at radius 3 is 2.56 bits per heavy atom. The fourth-order valence-electron chi connectivity index (χ4n) is 5.07. The summed E-state index contributed by atoms with van der Waals surface area (Å²) in [6, 6.07) is 2.74. The predicted molar refractivity (Wildman–Crippen MR) is 151 cm³/mol. The summed E-state index contributed by atoms with van der Waals surface area (Å²) in [4.78, 5) is 41.1. The molecule has 0 aliphatic carbocycles. The van der Waals surface area contributed by atoms with Crippen LogP contribution in [-0.4, -0.2) is 79.1 Å². The minimum absolute atomic E-state index is 0.00770. The van der Waals surface area contributed by atoms with Crippen LogP contribution >= 0.6 is 0 Å². The minimum Gasteiger partial charge on any atom is -0.492 e. The smallest absolute Gasteiger partial charge is 0.254 e. The number of benzene rings is 1. The highest BCUT2D eigenvalue weighted by molar-refractivity contribution is 6.01. The molecule has 0 bridgehead atoms. The largest absolute Gasteiger partial charge is 0.492 e. The second-order valence-electron chi connectivity index (χ2n) is 11.3. The van der Waals surface area contributed by atoms with Gasteiger partial charge in [-0.1, -0.05) is 0 Å². The van der Waals surface area contributed by atoms with Gasteiger partial charge in [-0.2, -0.15) is 4.98 Å². The zero-order chi connectivity index (χ0) is 28.5. The number of carbonyl (C=O) groups is 2. The van der Waals surface area contributed by atoms with E-state index in [0.717, 1.165) is 25.9 Å². The summed E-state index contributed by atoms with van der Waals surface area (Å²) in [5.74, 6) is 0.00205. The maximum absolute atomic E-state index is 15.3. The Morgan fingerprint density at radius 2 is 1.92 bits per heavy atom. The highest BCUT2D eigenvalue weighted by Crippen LogP contribution is 2.38. The fourth-order valence-corrected chi connectivity index (χ4v) is 5.07. The summed E-state index contributed by atoms with van der Waals surface area (Å²) in [5, 5.41) is 6.03. The number of rotatable bonds is 7. The number of nitrogens with zero attached hydrogens (tertiary/aromatic N) is 5. The zero-order valence-corrected chi connectivity index (χ0v) is 24.0. The second kappa shape index (κ2) is 11.3. The van der Waals surface area contributed by atoms with Crippen LogP contribution < -0.4 is 25.2 Å². The fraction of sp³-hybridized carbons (Fsp3) is 0.571. The quantitative estimate of drug-likeness (QED) is 0.546. The lowest BCUT2D eigenvalue weighted by Gasteiger charge is -2.32. The predicted octanol–water partition coefficient (Wildman–Crippen LogP) is 3.80. The van der Waals surface area contributed by atoms with Crippen molar-refractivity contribution in [3.63, 3.8) is 0 Å². The van der Waals surface area contributed by atoms with E-state index < -0.39 is 17.1 Å². The number of ether oxygens (including phenoxy) is 1. The van der Waals surface area contributed by atoms with E-state index in [1.807, 2.05) is 41.7 Å². The number of halogens is 1. The van der Waals surface area contributed by atoms with Gasteiger partial charge >= 0.3 is 0 Å². The number of amides is 2. The van der Waals surface area contributed by atoms with Gasteiger partial charge in [0.25, 0.3) is 5.91 Å². The number of piperidine rings is 1. The van der Waals surface area contributed by atoms with Gasteiger partial charge in [-0.25, -0.2) is 9.37 Å². The third-order valence-electron chi connectivity index (χ3n) is 7.37. The lowest BCUT2D eigenvalue weighted by molar-refractivity contribution is -0.125. The first-order valence-electron chi connectivity index (χ1n) is 13.6. The van der Waals surface area contributed by atoms with E-state index in [1.54, 1.807) is 18.1 Å². The van der Waals surface area contributed by atoms with Gasteiger partial charge in [0.05, 0.1) is 29.5 Å². The van der Waals surface area contributed by atoms with Crippen LogP contribution in [0.25, 0.3) is 0 Å². The van der Waals surface area contributed by atoms with Gasteiger partial charge in [0.1, 0.15) is 17.3 Å². The molecule has 2 amide bonds. The van der Waals surface area contributed by atoms with E-state index in [0.29, 0.717) is 36.1 Å². The Kier molecular flexibility index (Phi) is 8.29.